The molecule has 1 N–H and O–H groups in total. The first-order valence-corrected chi connectivity index (χ1v) is 12.0. The molecule has 1 fully saturated rings. The van der Waals surface area contributed by atoms with E-state index in [1.54, 1.807) is 22.9 Å². The lowest BCUT2D eigenvalue weighted by Crippen LogP contribution is -2.52. The largest absolute Gasteiger partial charge is 0.482 e. The Morgan fingerprint density at radius 3 is 2.72 bits per heavy atom. The highest BCUT2D eigenvalue weighted by molar-refractivity contribution is 6.31. The maximum absolute atomic E-state index is 14.3. The molecule has 0 radical (unpaired) electrons. The highest BCUT2D eigenvalue weighted by Crippen LogP contribution is 2.39. The van der Waals surface area contributed by atoms with Gasteiger partial charge < -0.3 is 19.9 Å². The number of aromatic nitrogens is 2. The standard InChI is InChI=1S/C26H30ClF2N5O2/c1-15-12-34(13-16(2)26(15,28)29)25-31-11-20(27)21(32-25)9-18-6-7-22-19(8-18)10-23(17(3)33(22)5)36-14-24(35)30-4/h6-8,10-11,15-16H,3,9,12-14H2,1-2,4-5H3,(H,30,35)/t15-,16+/i14D2. The minimum atomic E-state index is -2.75. The van der Waals surface area contributed by atoms with E-state index in [-0.39, 0.29) is 18.8 Å². The zero-order valence-corrected chi connectivity index (χ0v) is 21.4. The summed E-state index contributed by atoms with van der Waals surface area (Å²) in [5.74, 6) is -4.84. The second-order valence-electron chi connectivity index (χ2n) is 9.21. The van der Waals surface area contributed by atoms with Crippen LogP contribution in [0.25, 0.3) is 6.08 Å². The second kappa shape index (κ2) is 10.0. The van der Waals surface area contributed by atoms with Gasteiger partial charge in [-0.25, -0.2) is 18.7 Å². The minimum absolute atomic E-state index is 0.123. The van der Waals surface area contributed by atoms with Gasteiger partial charge in [-0.05, 0) is 23.8 Å². The quantitative estimate of drug-likeness (QED) is 0.605. The molecule has 36 heavy (non-hydrogen) atoms. The second-order valence-corrected chi connectivity index (χ2v) is 9.62. The molecule has 2 aromatic rings. The summed E-state index contributed by atoms with van der Waals surface area (Å²) >= 11 is 6.42. The van der Waals surface area contributed by atoms with Gasteiger partial charge in [-0.1, -0.05) is 38.1 Å². The van der Waals surface area contributed by atoms with Crippen LogP contribution < -0.4 is 15.1 Å². The fraction of sp³-hybridized carbons (Fsp3) is 0.423. The number of carbonyl (C=O) groups excluding carboxylic acids is 1. The molecule has 2 atom stereocenters. The normalized spacial score (nSPS) is 22.3. The molecular formula is C26H30ClF2N5O2. The number of carbonyl (C=O) groups is 1. The van der Waals surface area contributed by atoms with Gasteiger partial charge >= 0.3 is 0 Å². The number of anilines is 2. The maximum atomic E-state index is 14.3. The summed E-state index contributed by atoms with van der Waals surface area (Å²) in [5.41, 5.74) is 3.36. The number of benzene rings is 1. The monoisotopic (exact) mass is 519 g/mol. The van der Waals surface area contributed by atoms with E-state index in [1.165, 1.54) is 27.1 Å². The van der Waals surface area contributed by atoms with Crippen molar-refractivity contribution in [2.45, 2.75) is 26.2 Å². The molecule has 1 aromatic heterocycles. The number of hydrogen-bond donors (Lipinski definition) is 1. The number of rotatable bonds is 6. The first-order valence-electron chi connectivity index (χ1n) is 12.6. The van der Waals surface area contributed by atoms with Crippen LogP contribution >= 0.6 is 11.6 Å². The van der Waals surface area contributed by atoms with E-state index < -0.39 is 30.2 Å². The third-order valence-electron chi connectivity index (χ3n) is 6.67. The summed E-state index contributed by atoms with van der Waals surface area (Å²) in [5, 5.41) is 2.60. The van der Waals surface area contributed by atoms with Gasteiger partial charge in [-0.15, -0.1) is 0 Å². The highest BCUT2D eigenvalue weighted by Gasteiger charge is 2.47. The van der Waals surface area contributed by atoms with Crippen molar-refractivity contribution in [1.29, 1.82) is 0 Å². The van der Waals surface area contributed by atoms with Gasteiger partial charge in [0, 0.05) is 56.7 Å². The smallest absolute Gasteiger partial charge is 0.257 e. The molecule has 7 nitrogen and oxygen atoms in total. The highest BCUT2D eigenvalue weighted by atomic mass is 35.5. The Balaban J connectivity index is 1.60. The molecule has 0 bridgehead atoms. The van der Waals surface area contributed by atoms with Gasteiger partial charge in [0.25, 0.3) is 11.8 Å². The fourth-order valence-electron chi connectivity index (χ4n) is 4.40. The zero-order chi connectivity index (χ0) is 28.0. The van der Waals surface area contributed by atoms with Crippen molar-refractivity contribution in [2.24, 2.45) is 11.8 Å². The van der Waals surface area contributed by atoms with Gasteiger partial charge in [0.15, 0.2) is 6.56 Å². The van der Waals surface area contributed by atoms with Gasteiger partial charge in [0.2, 0.25) is 5.95 Å². The molecule has 1 amide bonds. The molecule has 0 saturated carbocycles. The van der Waals surface area contributed by atoms with E-state index in [9.17, 15) is 13.6 Å². The number of nitrogens with zero attached hydrogens (tertiary/aromatic N) is 4. The number of ether oxygens (including phenoxy) is 1. The number of hydrogen-bond acceptors (Lipinski definition) is 6. The van der Waals surface area contributed by atoms with Crippen LogP contribution in [-0.4, -0.2) is 55.5 Å². The van der Waals surface area contributed by atoms with Crippen LogP contribution in [0.1, 0.15) is 33.4 Å². The van der Waals surface area contributed by atoms with Gasteiger partial charge in [0.1, 0.15) is 5.76 Å². The molecule has 2 aliphatic heterocycles. The topological polar surface area (TPSA) is 70.6 Å². The first-order chi connectivity index (χ1) is 17.7. The molecule has 0 unspecified atom stereocenters. The average Bonchev–Trinajstić information content (AvgIpc) is 2.86. The molecule has 10 heteroatoms. The Morgan fingerprint density at radius 1 is 1.36 bits per heavy atom. The molecule has 1 aromatic carbocycles. The van der Waals surface area contributed by atoms with E-state index in [0.29, 0.717) is 28.8 Å². The molecule has 0 spiro atoms. The number of piperidine rings is 1. The molecule has 2 aliphatic rings. The van der Waals surface area contributed by atoms with Gasteiger partial charge in [-0.3, -0.25) is 4.79 Å². The molecule has 1 saturated heterocycles. The predicted molar refractivity (Wildman–Crippen MR) is 137 cm³/mol. The summed E-state index contributed by atoms with van der Waals surface area (Å²) in [6, 6.07) is 5.69. The van der Waals surface area contributed by atoms with Crippen LogP contribution in [0.3, 0.4) is 0 Å². The van der Waals surface area contributed by atoms with Crippen molar-refractivity contribution >= 4 is 35.2 Å². The molecule has 192 valence electrons. The fourth-order valence-corrected chi connectivity index (χ4v) is 4.56. The summed E-state index contributed by atoms with van der Waals surface area (Å²) in [6.07, 6.45) is 3.47. The van der Waals surface area contributed by atoms with Crippen molar-refractivity contribution in [3.63, 3.8) is 0 Å². The van der Waals surface area contributed by atoms with E-state index in [1.807, 2.05) is 18.2 Å². The Bertz CT molecular complexity index is 1290. The average molecular weight is 520 g/mol. The van der Waals surface area contributed by atoms with Crippen molar-refractivity contribution in [3.8, 4) is 0 Å². The zero-order valence-electron chi connectivity index (χ0n) is 22.6. The maximum Gasteiger partial charge on any atom is 0.257 e. The van der Waals surface area contributed by atoms with Crippen LogP contribution in [0.15, 0.2) is 42.4 Å². The van der Waals surface area contributed by atoms with Crippen LogP contribution in [-0.2, 0) is 16.0 Å². The third-order valence-corrected chi connectivity index (χ3v) is 6.99. The number of fused-ring (bicyclic) bond motifs is 1. The summed E-state index contributed by atoms with van der Waals surface area (Å²) in [4.78, 5) is 24.3. The molecule has 3 heterocycles. The Hall–Kier alpha value is -3.20. The number of nitrogens with one attached hydrogen (secondary N) is 1. The minimum Gasteiger partial charge on any atom is -0.482 e. The predicted octanol–water partition coefficient (Wildman–Crippen LogP) is 4.52. The Labute approximate surface area is 217 Å². The lowest BCUT2D eigenvalue weighted by atomic mass is 9.87. The number of alkyl halides is 2. The van der Waals surface area contributed by atoms with Gasteiger partial charge in [0.05, 0.1) is 25.4 Å². The molecule has 4 rings (SSSR count). The van der Waals surface area contributed by atoms with Crippen molar-refractivity contribution < 1.29 is 21.1 Å². The first kappa shape index (κ1) is 23.2. The van der Waals surface area contributed by atoms with E-state index in [2.05, 4.69) is 21.9 Å². The number of amides is 1. The number of halogens is 3. The Kier molecular flexibility index (Phi) is 6.48. The van der Waals surface area contributed by atoms with E-state index in [0.717, 1.165) is 16.8 Å². The van der Waals surface area contributed by atoms with Crippen molar-refractivity contribution in [3.05, 3.63) is 64.3 Å². The summed E-state index contributed by atoms with van der Waals surface area (Å²) < 4.78 is 49.9. The number of likely N-dealkylation sites (N-methyl/N-ethyl adjacent to an activating group) is 2. The lowest BCUT2D eigenvalue weighted by molar-refractivity contribution is -0.123. The van der Waals surface area contributed by atoms with Crippen LogP contribution in [0.5, 0.6) is 0 Å². The SMILES string of the molecule is [2H]C([2H])(OC1=Cc2cc(Cc3nc(N4C[C@@H](C)C(F)(F)[C@@H](C)C4)ncc3Cl)ccc2N(C)C1=C)C(=O)NC. The van der Waals surface area contributed by atoms with Crippen LogP contribution in [0.4, 0.5) is 20.4 Å². The summed E-state index contributed by atoms with van der Waals surface area (Å²) in [7, 11) is 3.09. The Morgan fingerprint density at radius 2 is 2.06 bits per heavy atom. The molecular weight excluding hydrogens is 488 g/mol. The van der Waals surface area contributed by atoms with E-state index >= 15 is 0 Å². The summed E-state index contributed by atoms with van der Waals surface area (Å²) in [6.45, 7) is 4.73. The van der Waals surface area contributed by atoms with Crippen molar-refractivity contribution in [1.82, 2.24) is 15.3 Å². The van der Waals surface area contributed by atoms with Crippen LogP contribution in [0.2, 0.25) is 5.02 Å². The van der Waals surface area contributed by atoms with Gasteiger partial charge in [-0.2, -0.15) is 0 Å². The van der Waals surface area contributed by atoms with E-state index in [4.69, 9.17) is 19.1 Å². The molecule has 0 aliphatic carbocycles. The third kappa shape index (κ3) is 5.02. The van der Waals surface area contributed by atoms with Crippen LogP contribution in [0, 0.1) is 11.8 Å². The lowest BCUT2D eigenvalue weighted by Gasteiger charge is -2.41. The van der Waals surface area contributed by atoms with Crippen molar-refractivity contribution in [2.75, 3.05) is 43.5 Å².